The van der Waals surface area contributed by atoms with Crippen LogP contribution in [0.2, 0.25) is 0 Å². The van der Waals surface area contributed by atoms with E-state index in [1.807, 2.05) is 6.92 Å². The second kappa shape index (κ2) is 12.5. The first kappa shape index (κ1) is 28.5. The van der Waals surface area contributed by atoms with E-state index in [2.05, 4.69) is 15.6 Å². The molecule has 5 rings (SSSR count). The van der Waals surface area contributed by atoms with Crippen molar-refractivity contribution in [3.63, 3.8) is 0 Å². The monoisotopic (exact) mass is 557 g/mol. The number of ketones is 1. The van der Waals surface area contributed by atoms with E-state index in [9.17, 15) is 22.4 Å². The predicted octanol–water partition coefficient (Wildman–Crippen LogP) is 4.55. The first-order valence-electron chi connectivity index (χ1n) is 12.8. The third-order valence-corrected chi connectivity index (χ3v) is 7.36. The average Bonchev–Trinajstić information content (AvgIpc) is 3.60. The molecule has 3 aromatic rings. The number of aromatic amines is 1. The highest BCUT2D eigenvalue weighted by atomic mass is 32.2. The zero-order valence-electron chi connectivity index (χ0n) is 21.6. The van der Waals surface area contributed by atoms with E-state index in [-0.39, 0.29) is 16.4 Å². The van der Waals surface area contributed by atoms with Gasteiger partial charge >= 0.3 is 0 Å². The van der Waals surface area contributed by atoms with Crippen LogP contribution in [0.5, 0.6) is 5.75 Å². The molecule has 0 radical (unpaired) electrons. The summed E-state index contributed by atoms with van der Waals surface area (Å²) in [6.45, 7) is 3.88. The van der Waals surface area contributed by atoms with Crippen LogP contribution >= 0.6 is 0 Å². The number of nitrogens with one attached hydrogen (secondary N) is 3. The number of ether oxygens (including phenoxy) is 1. The van der Waals surface area contributed by atoms with Crippen molar-refractivity contribution in [1.82, 2.24) is 10.3 Å². The van der Waals surface area contributed by atoms with Crippen LogP contribution in [-0.2, 0) is 16.5 Å². The summed E-state index contributed by atoms with van der Waals surface area (Å²) in [5, 5.41) is 5.94. The van der Waals surface area contributed by atoms with E-state index >= 15 is 0 Å². The molecular weight excluding hydrogens is 525 g/mol. The molecule has 1 aromatic heterocycles. The quantitative estimate of drug-likeness (QED) is 0.224. The van der Waals surface area contributed by atoms with Gasteiger partial charge in [0.15, 0.2) is 17.3 Å². The highest BCUT2D eigenvalue weighted by Crippen LogP contribution is 2.28. The molecule has 2 aliphatic rings. The lowest BCUT2D eigenvalue weighted by molar-refractivity contribution is 0.0956. The van der Waals surface area contributed by atoms with Gasteiger partial charge < -0.3 is 20.4 Å². The van der Waals surface area contributed by atoms with Gasteiger partial charge in [-0.25, -0.2) is 4.39 Å². The van der Waals surface area contributed by atoms with Crippen molar-refractivity contribution in [2.45, 2.75) is 43.9 Å². The molecule has 9 nitrogen and oxygen atoms in total. The third-order valence-electron chi connectivity index (χ3n) is 6.49. The number of fused-ring (bicyclic) bond motifs is 1. The Hall–Kier alpha value is -3.54. The van der Waals surface area contributed by atoms with Crippen LogP contribution in [0.25, 0.3) is 0 Å². The largest absolute Gasteiger partial charge is 0.489 e. The van der Waals surface area contributed by atoms with Crippen LogP contribution in [0.1, 0.15) is 57.7 Å². The van der Waals surface area contributed by atoms with Crippen LogP contribution in [0.4, 0.5) is 10.1 Å². The molecule has 4 N–H and O–H groups in total. The SMILES string of the molecule is Cc1ccc(S(=O)(=O)O)cc1.O=C(Nc1ccc(OCCNCC2CC2)c(F)c1)c1c[nH]c2c1C(=O)CCC2. The van der Waals surface area contributed by atoms with Gasteiger partial charge in [-0.2, -0.15) is 8.42 Å². The Morgan fingerprint density at radius 3 is 2.56 bits per heavy atom. The number of hydrogen-bond donors (Lipinski definition) is 4. The molecule has 11 heteroatoms. The molecule has 0 spiro atoms. The van der Waals surface area contributed by atoms with Gasteiger partial charge in [-0.1, -0.05) is 17.7 Å². The van der Waals surface area contributed by atoms with E-state index < -0.39 is 21.8 Å². The number of benzene rings is 2. The first-order valence-corrected chi connectivity index (χ1v) is 14.3. The van der Waals surface area contributed by atoms with Gasteiger partial charge in [-0.05, 0) is 69.3 Å². The van der Waals surface area contributed by atoms with Gasteiger partial charge in [0.05, 0.1) is 16.0 Å². The summed E-state index contributed by atoms with van der Waals surface area (Å²) in [5.41, 5.74) is 2.84. The summed E-state index contributed by atoms with van der Waals surface area (Å²) in [7, 11) is -4.02. The molecule has 0 aliphatic heterocycles. The molecule has 0 bridgehead atoms. The van der Waals surface area contributed by atoms with Gasteiger partial charge in [0, 0.05) is 36.6 Å². The lowest BCUT2D eigenvalue weighted by atomic mass is 9.93. The fourth-order valence-electron chi connectivity index (χ4n) is 4.18. The van der Waals surface area contributed by atoms with Gasteiger partial charge in [0.1, 0.15) is 6.61 Å². The summed E-state index contributed by atoms with van der Waals surface area (Å²) in [5.74, 6) is -0.0453. The predicted molar refractivity (Wildman–Crippen MR) is 144 cm³/mol. The van der Waals surface area contributed by atoms with E-state index in [4.69, 9.17) is 9.29 Å². The second-order valence-corrected chi connectivity index (χ2v) is 11.1. The normalized spacial score (nSPS) is 14.7. The van der Waals surface area contributed by atoms with Crippen molar-refractivity contribution in [3.05, 3.63) is 76.9 Å². The van der Waals surface area contributed by atoms with Crippen molar-refractivity contribution in [2.75, 3.05) is 25.0 Å². The lowest BCUT2D eigenvalue weighted by Crippen LogP contribution is -2.23. The maximum atomic E-state index is 14.3. The van der Waals surface area contributed by atoms with Gasteiger partial charge in [0.2, 0.25) is 0 Å². The number of H-pyrrole nitrogens is 1. The molecule has 1 fully saturated rings. The number of anilines is 1. The zero-order valence-corrected chi connectivity index (χ0v) is 22.4. The Bertz CT molecular complexity index is 1430. The number of carbonyl (C=O) groups excluding carboxylic acids is 2. The average molecular weight is 558 g/mol. The van der Waals surface area contributed by atoms with Crippen molar-refractivity contribution >= 4 is 27.5 Å². The molecule has 208 valence electrons. The minimum Gasteiger partial charge on any atom is -0.489 e. The smallest absolute Gasteiger partial charge is 0.294 e. The summed E-state index contributed by atoms with van der Waals surface area (Å²) < 4.78 is 49.3. The standard InChI is InChI=1S/C21H24FN3O3.C7H8O3S/c22-16-10-14(6-7-19(16)28-9-8-23-11-13-4-5-13)25-21(27)15-12-24-17-2-1-3-18(26)20(15)17;1-6-2-4-7(5-3-6)11(8,9)10/h6-7,10,12-13,23-24H,1-5,8-9,11H2,(H,25,27);2-5H,1H3,(H,8,9,10). The highest BCUT2D eigenvalue weighted by molar-refractivity contribution is 7.85. The Morgan fingerprint density at radius 2 is 1.90 bits per heavy atom. The van der Waals surface area contributed by atoms with E-state index in [0.717, 1.165) is 36.6 Å². The fraction of sp³-hybridized carbons (Fsp3) is 0.357. The Morgan fingerprint density at radius 1 is 1.15 bits per heavy atom. The lowest BCUT2D eigenvalue weighted by Gasteiger charge is -2.12. The zero-order chi connectivity index (χ0) is 28.0. The number of amides is 1. The van der Waals surface area contributed by atoms with Crippen molar-refractivity contribution in [3.8, 4) is 5.75 Å². The van der Waals surface area contributed by atoms with Crippen LogP contribution in [0.3, 0.4) is 0 Å². The molecule has 0 saturated heterocycles. The number of hydrogen-bond acceptors (Lipinski definition) is 6. The Balaban J connectivity index is 0.000000270. The molecule has 39 heavy (non-hydrogen) atoms. The number of aryl methyl sites for hydroxylation is 2. The summed E-state index contributed by atoms with van der Waals surface area (Å²) in [6.07, 6.45) is 6.11. The van der Waals surface area contributed by atoms with Crippen molar-refractivity contribution in [1.29, 1.82) is 0 Å². The number of halogens is 1. The molecule has 1 heterocycles. The van der Waals surface area contributed by atoms with Crippen molar-refractivity contribution < 1.29 is 31.7 Å². The Kier molecular flexibility index (Phi) is 9.16. The summed E-state index contributed by atoms with van der Waals surface area (Å²) >= 11 is 0. The maximum absolute atomic E-state index is 14.3. The van der Waals surface area contributed by atoms with Crippen LogP contribution < -0.4 is 15.4 Å². The van der Waals surface area contributed by atoms with Crippen LogP contribution in [-0.4, -0.2) is 49.3 Å². The van der Waals surface area contributed by atoms with Crippen LogP contribution in [0, 0.1) is 18.7 Å². The van der Waals surface area contributed by atoms with E-state index in [1.54, 1.807) is 24.4 Å². The van der Waals surface area contributed by atoms with Crippen molar-refractivity contribution in [2.24, 2.45) is 5.92 Å². The molecule has 1 amide bonds. The molecular formula is C28H32FN3O6S. The topological polar surface area (TPSA) is 138 Å². The minimum atomic E-state index is -4.02. The molecule has 0 unspecified atom stereocenters. The second-order valence-electron chi connectivity index (χ2n) is 9.72. The van der Waals surface area contributed by atoms with E-state index in [1.165, 1.54) is 37.1 Å². The van der Waals surface area contributed by atoms with Gasteiger partial charge in [-0.15, -0.1) is 0 Å². The number of carbonyl (C=O) groups is 2. The maximum Gasteiger partial charge on any atom is 0.294 e. The van der Waals surface area contributed by atoms with Gasteiger partial charge in [-0.3, -0.25) is 14.1 Å². The molecule has 1 saturated carbocycles. The summed E-state index contributed by atoms with van der Waals surface area (Å²) in [6, 6.07) is 10.3. The number of aromatic nitrogens is 1. The Labute approximate surface area is 226 Å². The van der Waals surface area contributed by atoms with E-state index in [0.29, 0.717) is 36.4 Å². The minimum absolute atomic E-state index is 0.0297. The van der Waals surface area contributed by atoms with Gasteiger partial charge in [0.25, 0.3) is 16.0 Å². The fourth-order valence-corrected chi connectivity index (χ4v) is 4.66. The summed E-state index contributed by atoms with van der Waals surface area (Å²) in [4.78, 5) is 27.6. The van der Waals surface area contributed by atoms with Crippen LogP contribution in [0.15, 0.2) is 53.6 Å². The first-order chi connectivity index (χ1) is 18.6. The number of Topliss-reactive ketones (excluding diaryl/α,β-unsaturated/α-hetero) is 1. The molecule has 0 atom stereocenters. The highest BCUT2D eigenvalue weighted by Gasteiger charge is 2.26. The number of rotatable bonds is 9. The molecule has 2 aromatic carbocycles. The third kappa shape index (κ3) is 7.98. The molecule has 2 aliphatic carbocycles.